The molecule has 1 aromatic rings. The van der Waals surface area contributed by atoms with Crippen LogP contribution in [0.15, 0.2) is 6.20 Å². The Kier molecular flexibility index (Phi) is 2.87. The van der Waals surface area contributed by atoms with E-state index in [1.807, 2.05) is 0 Å². The smallest absolute Gasteiger partial charge is 0.108 e. The van der Waals surface area contributed by atoms with E-state index in [1.54, 1.807) is 0 Å². The molecule has 2 N–H and O–H groups in total. The van der Waals surface area contributed by atoms with Crippen LogP contribution in [0, 0.1) is 0 Å². The van der Waals surface area contributed by atoms with Crippen LogP contribution in [-0.4, -0.2) is 16.1 Å². The summed E-state index contributed by atoms with van der Waals surface area (Å²) in [6, 6.07) is 0. The summed E-state index contributed by atoms with van der Waals surface area (Å²) in [5.74, 6) is 1.97. The first-order valence-electron chi connectivity index (χ1n) is 5.53. The Morgan fingerprint density at radius 1 is 1.57 bits per heavy atom. The van der Waals surface area contributed by atoms with E-state index < -0.39 is 0 Å². The molecule has 0 bridgehead atoms. The molecule has 1 aromatic heterocycles. The van der Waals surface area contributed by atoms with Gasteiger partial charge in [0.15, 0.2) is 0 Å². The molecule has 1 aliphatic rings. The van der Waals surface area contributed by atoms with Gasteiger partial charge >= 0.3 is 0 Å². The highest BCUT2D eigenvalue weighted by Crippen LogP contribution is 2.36. The monoisotopic (exact) mass is 193 g/mol. The number of aryl methyl sites for hydroxylation is 1. The molecule has 0 unspecified atom stereocenters. The van der Waals surface area contributed by atoms with E-state index in [1.165, 1.54) is 30.8 Å². The highest BCUT2D eigenvalue weighted by atomic mass is 15.1. The van der Waals surface area contributed by atoms with E-state index in [9.17, 15) is 0 Å². The summed E-state index contributed by atoms with van der Waals surface area (Å²) in [6.07, 6.45) is 8.17. The van der Waals surface area contributed by atoms with Crippen molar-refractivity contribution in [3.05, 3.63) is 17.7 Å². The SMILES string of the molecule is Cn1c(C2CCC2)cnc1CCCN. The van der Waals surface area contributed by atoms with E-state index >= 15 is 0 Å². The summed E-state index contributed by atoms with van der Waals surface area (Å²) < 4.78 is 2.26. The van der Waals surface area contributed by atoms with Crippen LogP contribution in [0.4, 0.5) is 0 Å². The maximum absolute atomic E-state index is 5.49. The highest BCUT2D eigenvalue weighted by Gasteiger charge is 2.23. The Hall–Kier alpha value is -0.830. The standard InChI is InChI=1S/C11H19N3/c1-14-10(9-4-2-5-9)8-13-11(14)6-3-7-12/h8-9H,2-7,12H2,1H3. The zero-order valence-corrected chi connectivity index (χ0v) is 8.87. The number of rotatable bonds is 4. The molecule has 3 nitrogen and oxygen atoms in total. The summed E-state index contributed by atoms with van der Waals surface area (Å²) in [5.41, 5.74) is 6.91. The molecular weight excluding hydrogens is 174 g/mol. The third-order valence-electron chi connectivity index (χ3n) is 3.25. The van der Waals surface area contributed by atoms with Gasteiger partial charge in [0.25, 0.3) is 0 Å². The minimum atomic E-state index is 0.756. The van der Waals surface area contributed by atoms with E-state index in [4.69, 9.17) is 5.73 Å². The van der Waals surface area contributed by atoms with E-state index in [2.05, 4.69) is 22.8 Å². The third kappa shape index (κ3) is 1.69. The van der Waals surface area contributed by atoms with Crippen LogP contribution in [0.25, 0.3) is 0 Å². The van der Waals surface area contributed by atoms with Gasteiger partial charge in [-0.05, 0) is 25.8 Å². The van der Waals surface area contributed by atoms with Crippen molar-refractivity contribution in [1.82, 2.24) is 9.55 Å². The van der Waals surface area contributed by atoms with Crippen molar-refractivity contribution >= 4 is 0 Å². The molecule has 0 aliphatic heterocycles. The van der Waals surface area contributed by atoms with Crippen molar-refractivity contribution < 1.29 is 0 Å². The first kappa shape index (κ1) is 9.71. The Balaban J connectivity index is 2.06. The number of nitrogens with two attached hydrogens (primary N) is 1. The third-order valence-corrected chi connectivity index (χ3v) is 3.25. The summed E-state index contributed by atoms with van der Waals surface area (Å²) in [6.45, 7) is 0.756. The van der Waals surface area contributed by atoms with Gasteiger partial charge in [0, 0.05) is 31.3 Å². The maximum Gasteiger partial charge on any atom is 0.108 e. The van der Waals surface area contributed by atoms with Crippen LogP contribution in [0.2, 0.25) is 0 Å². The van der Waals surface area contributed by atoms with E-state index in [0.29, 0.717) is 0 Å². The zero-order valence-electron chi connectivity index (χ0n) is 8.87. The molecule has 14 heavy (non-hydrogen) atoms. The second-order valence-corrected chi connectivity index (χ2v) is 4.18. The summed E-state index contributed by atoms with van der Waals surface area (Å²) >= 11 is 0. The molecule has 1 fully saturated rings. The first-order chi connectivity index (χ1) is 6.83. The van der Waals surface area contributed by atoms with Gasteiger partial charge in [0.1, 0.15) is 5.82 Å². The number of hydrogen-bond donors (Lipinski definition) is 1. The Morgan fingerprint density at radius 3 is 2.93 bits per heavy atom. The van der Waals surface area contributed by atoms with Crippen molar-refractivity contribution in [1.29, 1.82) is 0 Å². The van der Waals surface area contributed by atoms with Gasteiger partial charge < -0.3 is 10.3 Å². The van der Waals surface area contributed by atoms with Gasteiger partial charge in [0.2, 0.25) is 0 Å². The molecule has 2 rings (SSSR count). The number of hydrogen-bond acceptors (Lipinski definition) is 2. The van der Waals surface area contributed by atoms with Crippen molar-refractivity contribution in [2.45, 2.75) is 38.0 Å². The Morgan fingerprint density at radius 2 is 2.36 bits per heavy atom. The van der Waals surface area contributed by atoms with Crippen molar-refractivity contribution in [3.63, 3.8) is 0 Å². The molecule has 3 heteroatoms. The Labute approximate surface area is 85.3 Å². The number of nitrogens with zero attached hydrogens (tertiary/aromatic N) is 2. The highest BCUT2D eigenvalue weighted by molar-refractivity contribution is 5.13. The minimum absolute atomic E-state index is 0.756. The summed E-state index contributed by atoms with van der Waals surface area (Å²) in [7, 11) is 2.13. The second kappa shape index (κ2) is 4.13. The summed E-state index contributed by atoms with van der Waals surface area (Å²) in [4.78, 5) is 4.46. The minimum Gasteiger partial charge on any atom is -0.335 e. The largest absolute Gasteiger partial charge is 0.335 e. The first-order valence-corrected chi connectivity index (χ1v) is 5.53. The molecule has 78 valence electrons. The molecule has 1 aliphatic carbocycles. The predicted molar refractivity (Wildman–Crippen MR) is 57.2 cm³/mol. The lowest BCUT2D eigenvalue weighted by atomic mass is 9.83. The lowest BCUT2D eigenvalue weighted by Crippen LogP contribution is -2.14. The normalized spacial score (nSPS) is 17.0. The average molecular weight is 193 g/mol. The molecule has 0 atom stereocenters. The summed E-state index contributed by atoms with van der Waals surface area (Å²) in [5, 5.41) is 0. The molecule has 0 spiro atoms. The molecule has 1 heterocycles. The predicted octanol–water partition coefficient (Wildman–Crippen LogP) is 1.58. The molecule has 0 aromatic carbocycles. The van der Waals surface area contributed by atoms with Crippen LogP contribution in [0.5, 0.6) is 0 Å². The molecule has 0 amide bonds. The topological polar surface area (TPSA) is 43.8 Å². The molecule has 0 saturated heterocycles. The van der Waals surface area contributed by atoms with Crippen LogP contribution in [-0.2, 0) is 13.5 Å². The average Bonchev–Trinajstić information content (AvgIpc) is 2.43. The van der Waals surface area contributed by atoms with Crippen LogP contribution >= 0.6 is 0 Å². The van der Waals surface area contributed by atoms with Crippen molar-refractivity contribution in [3.8, 4) is 0 Å². The zero-order chi connectivity index (χ0) is 9.97. The van der Waals surface area contributed by atoms with Crippen molar-refractivity contribution in [2.24, 2.45) is 12.8 Å². The second-order valence-electron chi connectivity index (χ2n) is 4.18. The number of imidazole rings is 1. The molecule has 1 saturated carbocycles. The quantitative estimate of drug-likeness (QED) is 0.789. The van der Waals surface area contributed by atoms with Gasteiger partial charge in [-0.3, -0.25) is 0 Å². The van der Waals surface area contributed by atoms with Crippen LogP contribution < -0.4 is 5.73 Å². The number of aromatic nitrogens is 2. The van der Waals surface area contributed by atoms with Crippen LogP contribution in [0.3, 0.4) is 0 Å². The fourth-order valence-electron chi connectivity index (χ4n) is 2.04. The van der Waals surface area contributed by atoms with Gasteiger partial charge in [0.05, 0.1) is 0 Å². The van der Waals surface area contributed by atoms with Gasteiger partial charge in [-0.25, -0.2) is 4.98 Å². The Bertz CT molecular complexity index is 299. The van der Waals surface area contributed by atoms with Gasteiger partial charge in [-0.15, -0.1) is 0 Å². The maximum atomic E-state index is 5.49. The van der Waals surface area contributed by atoms with E-state index in [0.717, 1.165) is 25.3 Å². The lowest BCUT2D eigenvalue weighted by molar-refractivity contribution is 0.401. The van der Waals surface area contributed by atoms with E-state index in [-0.39, 0.29) is 0 Å². The molecular formula is C11H19N3. The fourth-order valence-corrected chi connectivity index (χ4v) is 2.04. The van der Waals surface area contributed by atoms with Gasteiger partial charge in [-0.2, -0.15) is 0 Å². The fraction of sp³-hybridized carbons (Fsp3) is 0.727. The van der Waals surface area contributed by atoms with Gasteiger partial charge in [-0.1, -0.05) is 6.42 Å². The molecule has 0 radical (unpaired) electrons. The lowest BCUT2D eigenvalue weighted by Gasteiger charge is -2.25. The van der Waals surface area contributed by atoms with Crippen molar-refractivity contribution in [2.75, 3.05) is 6.54 Å². The van der Waals surface area contributed by atoms with Crippen LogP contribution in [0.1, 0.15) is 43.1 Å².